The summed E-state index contributed by atoms with van der Waals surface area (Å²) in [6.07, 6.45) is 0.746. The third kappa shape index (κ3) is 7.98. The van der Waals surface area contributed by atoms with Gasteiger partial charge in [0.25, 0.3) is 0 Å². The number of benzene rings is 2. The van der Waals surface area contributed by atoms with E-state index in [0.717, 1.165) is 16.5 Å². The Balaban J connectivity index is 1.89. The fourth-order valence-electron chi connectivity index (χ4n) is 2.55. The van der Waals surface area contributed by atoms with Crippen LogP contribution in [0.4, 0.5) is 5.69 Å². The SMILES string of the molecule is CCC(C)C(=O)Nc1cccc(CNC(=O)CS(=O)(=O)Cc2ccc(Br)cc2)c1. The number of amides is 2. The van der Waals surface area contributed by atoms with Crippen LogP contribution in [0.25, 0.3) is 0 Å². The molecule has 156 valence electrons. The van der Waals surface area contributed by atoms with E-state index in [0.29, 0.717) is 11.3 Å². The molecule has 1 unspecified atom stereocenters. The van der Waals surface area contributed by atoms with Gasteiger partial charge >= 0.3 is 0 Å². The number of sulfone groups is 1. The van der Waals surface area contributed by atoms with Crippen molar-refractivity contribution in [3.63, 3.8) is 0 Å². The van der Waals surface area contributed by atoms with Gasteiger partial charge in [-0.2, -0.15) is 0 Å². The first-order valence-electron chi connectivity index (χ1n) is 9.30. The Morgan fingerprint density at radius 2 is 1.76 bits per heavy atom. The Bertz CT molecular complexity index is 959. The topological polar surface area (TPSA) is 92.3 Å². The molecule has 1 atom stereocenters. The van der Waals surface area contributed by atoms with Gasteiger partial charge in [-0.3, -0.25) is 9.59 Å². The second kappa shape index (κ2) is 10.5. The van der Waals surface area contributed by atoms with Crippen molar-refractivity contribution in [3.8, 4) is 0 Å². The molecule has 2 aromatic carbocycles. The number of anilines is 1. The van der Waals surface area contributed by atoms with Crippen molar-refractivity contribution in [1.82, 2.24) is 5.32 Å². The molecule has 2 N–H and O–H groups in total. The first kappa shape index (κ1) is 23.1. The van der Waals surface area contributed by atoms with E-state index in [1.807, 2.05) is 13.8 Å². The number of hydrogen-bond donors (Lipinski definition) is 2. The van der Waals surface area contributed by atoms with E-state index in [9.17, 15) is 18.0 Å². The highest BCUT2D eigenvalue weighted by Crippen LogP contribution is 2.14. The molecule has 0 aliphatic rings. The van der Waals surface area contributed by atoms with Crippen molar-refractivity contribution in [2.24, 2.45) is 5.92 Å². The van der Waals surface area contributed by atoms with Gasteiger partial charge in [0.1, 0.15) is 5.75 Å². The maximum absolute atomic E-state index is 12.3. The number of hydrogen-bond acceptors (Lipinski definition) is 4. The number of halogens is 1. The minimum atomic E-state index is -3.57. The summed E-state index contributed by atoms with van der Waals surface area (Å²) in [5.41, 5.74) is 2.04. The van der Waals surface area contributed by atoms with Crippen molar-refractivity contribution in [2.45, 2.75) is 32.6 Å². The third-order valence-corrected chi connectivity index (χ3v) is 6.40. The van der Waals surface area contributed by atoms with Gasteiger partial charge in [-0.25, -0.2) is 8.42 Å². The van der Waals surface area contributed by atoms with Gasteiger partial charge < -0.3 is 10.6 Å². The maximum atomic E-state index is 12.3. The Hall–Kier alpha value is -2.19. The molecule has 0 heterocycles. The van der Waals surface area contributed by atoms with E-state index in [2.05, 4.69) is 26.6 Å². The quantitative estimate of drug-likeness (QED) is 0.572. The summed E-state index contributed by atoms with van der Waals surface area (Å²) < 4.78 is 25.4. The fraction of sp³-hybridized carbons (Fsp3) is 0.333. The molecule has 6 nitrogen and oxygen atoms in total. The highest BCUT2D eigenvalue weighted by atomic mass is 79.9. The predicted octanol–water partition coefficient (Wildman–Crippen LogP) is 3.66. The van der Waals surface area contributed by atoms with Crippen molar-refractivity contribution in [3.05, 3.63) is 64.1 Å². The molecule has 0 fully saturated rings. The lowest BCUT2D eigenvalue weighted by Gasteiger charge is -2.11. The average molecular weight is 481 g/mol. The lowest BCUT2D eigenvalue weighted by atomic mass is 10.1. The predicted molar refractivity (Wildman–Crippen MR) is 118 cm³/mol. The Kier molecular flexibility index (Phi) is 8.40. The normalized spacial score (nSPS) is 12.2. The van der Waals surface area contributed by atoms with Crippen LogP contribution >= 0.6 is 15.9 Å². The molecule has 0 bridgehead atoms. The molecule has 2 aromatic rings. The Morgan fingerprint density at radius 1 is 1.07 bits per heavy atom. The van der Waals surface area contributed by atoms with Crippen LogP contribution in [0.15, 0.2) is 53.0 Å². The second-order valence-corrected chi connectivity index (χ2v) is 9.91. The summed E-state index contributed by atoms with van der Waals surface area (Å²) >= 11 is 3.30. The van der Waals surface area contributed by atoms with Crippen LogP contribution in [0.3, 0.4) is 0 Å². The summed E-state index contributed by atoms with van der Waals surface area (Å²) in [7, 11) is -3.57. The second-order valence-electron chi connectivity index (χ2n) is 6.93. The van der Waals surface area contributed by atoms with E-state index in [1.54, 1.807) is 48.5 Å². The van der Waals surface area contributed by atoms with Gasteiger partial charge in [-0.15, -0.1) is 0 Å². The molecule has 2 rings (SSSR count). The third-order valence-electron chi connectivity index (χ3n) is 4.40. The van der Waals surface area contributed by atoms with E-state index >= 15 is 0 Å². The van der Waals surface area contributed by atoms with Crippen molar-refractivity contribution in [2.75, 3.05) is 11.1 Å². The van der Waals surface area contributed by atoms with Crippen molar-refractivity contribution >= 4 is 43.3 Å². The van der Waals surface area contributed by atoms with E-state index in [-0.39, 0.29) is 24.1 Å². The summed E-state index contributed by atoms with van der Waals surface area (Å²) in [6, 6.07) is 14.0. The zero-order valence-corrected chi connectivity index (χ0v) is 18.8. The van der Waals surface area contributed by atoms with Crippen LogP contribution in [0.1, 0.15) is 31.4 Å². The van der Waals surface area contributed by atoms with Crippen LogP contribution in [0.2, 0.25) is 0 Å². The van der Waals surface area contributed by atoms with Gasteiger partial charge in [-0.05, 0) is 41.8 Å². The summed E-state index contributed by atoms with van der Waals surface area (Å²) in [4.78, 5) is 24.1. The largest absolute Gasteiger partial charge is 0.351 e. The molecule has 2 amide bonds. The van der Waals surface area contributed by atoms with Gasteiger partial charge in [0.15, 0.2) is 9.84 Å². The summed E-state index contributed by atoms with van der Waals surface area (Å²) in [5.74, 6) is -1.48. The number of carbonyl (C=O) groups excluding carboxylic acids is 2. The van der Waals surface area contributed by atoms with Crippen LogP contribution in [0.5, 0.6) is 0 Å². The first-order valence-corrected chi connectivity index (χ1v) is 11.9. The van der Waals surface area contributed by atoms with Gasteiger partial charge in [-0.1, -0.05) is 54.0 Å². The lowest BCUT2D eigenvalue weighted by Crippen LogP contribution is -2.30. The lowest BCUT2D eigenvalue weighted by molar-refractivity contribution is -0.120. The van der Waals surface area contributed by atoms with E-state index in [1.165, 1.54) is 0 Å². The first-order chi connectivity index (χ1) is 13.7. The molecule has 0 spiro atoms. The number of carbonyl (C=O) groups is 2. The molecular weight excluding hydrogens is 456 g/mol. The fourth-order valence-corrected chi connectivity index (χ4v) is 4.12. The minimum Gasteiger partial charge on any atom is -0.351 e. The van der Waals surface area contributed by atoms with Crippen LogP contribution in [0, 0.1) is 5.92 Å². The highest BCUT2D eigenvalue weighted by molar-refractivity contribution is 9.10. The van der Waals surface area contributed by atoms with Gasteiger partial charge in [0.2, 0.25) is 11.8 Å². The molecular formula is C21H25BrN2O4S. The van der Waals surface area contributed by atoms with E-state index < -0.39 is 21.5 Å². The maximum Gasteiger partial charge on any atom is 0.235 e. The van der Waals surface area contributed by atoms with Gasteiger partial charge in [0, 0.05) is 22.6 Å². The smallest absolute Gasteiger partial charge is 0.235 e. The van der Waals surface area contributed by atoms with Crippen LogP contribution in [-0.2, 0) is 31.7 Å². The standard InChI is InChI=1S/C21H25BrN2O4S/c1-3-15(2)21(26)24-19-6-4-5-17(11-19)12-23-20(25)14-29(27,28)13-16-7-9-18(22)10-8-16/h4-11,15H,3,12-14H2,1-2H3,(H,23,25)(H,24,26). The van der Waals surface area contributed by atoms with Gasteiger partial charge in [0.05, 0.1) is 5.75 Å². The zero-order valence-electron chi connectivity index (χ0n) is 16.4. The number of rotatable bonds is 9. The summed E-state index contributed by atoms with van der Waals surface area (Å²) in [5, 5.41) is 5.47. The average Bonchev–Trinajstić information content (AvgIpc) is 2.67. The number of nitrogens with one attached hydrogen (secondary N) is 2. The molecule has 0 aliphatic carbocycles. The van der Waals surface area contributed by atoms with Crippen LogP contribution < -0.4 is 10.6 Å². The molecule has 8 heteroatoms. The molecule has 0 aliphatic heterocycles. The van der Waals surface area contributed by atoms with Crippen molar-refractivity contribution < 1.29 is 18.0 Å². The molecule has 0 saturated carbocycles. The highest BCUT2D eigenvalue weighted by Gasteiger charge is 2.17. The monoisotopic (exact) mass is 480 g/mol. The molecule has 0 saturated heterocycles. The van der Waals surface area contributed by atoms with E-state index in [4.69, 9.17) is 0 Å². The Labute approximate surface area is 180 Å². The van der Waals surface area contributed by atoms with Crippen LogP contribution in [-0.4, -0.2) is 26.0 Å². The molecule has 0 aromatic heterocycles. The summed E-state index contributed by atoms with van der Waals surface area (Å²) in [6.45, 7) is 3.98. The Morgan fingerprint density at radius 3 is 2.41 bits per heavy atom. The minimum absolute atomic E-state index is 0.0623. The van der Waals surface area contributed by atoms with Crippen molar-refractivity contribution in [1.29, 1.82) is 0 Å². The molecule has 0 radical (unpaired) electrons. The molecule has 29 heavy (non-hydrogen) atoms. The zero-order chi connectivity index (χ0) is 21.4.